The van der Waals surface area contributed by atoms with Gasteiger partial charge in [-0.05, 0) is 35.6 Å². The molecule has 0 saturated heterocycles. The summed E-state index contributed by atoms with van der Waals surface area (Å²) in [6.07, 6.45) is 0.748. The molecule has 1 amide bonds. The van der Waals surface area contributed by atoms with Crippen LogP contribution in [0.25, 0.3) is 0 Å². The van der Waals surface area contributed by atoms with E-state index in [0.717, 1.165) is 12.0 Å². The number of nitrogen functional groups attached to an aromatic ring is 1. The predicted molar refractivity (Wildman–Crippen MR) is 76.2 cm³/mol. The highest BCUT2D eigenvalue weighted by Crippen LogP contribution is 2.18. The Bertz CT molecular complexity index is 553. The van der Waals surface area contributed by atoms with Gasteiger partial charge in [0.1, 0.15) is 4.88 Å². The maximum Gasteiger partial charge on any atom is 0.263 e. The molecule has 0 aliphatic heterocycles. The monoisotopic (exact) mass is 280 g/mol. The van der Waals surface area contributed by atoms with Crippen molar-refractivity contribution in [2.45, 2.75) is 6.42 Å². The molecule has 0 atom stereocenters. The lowest BCUT2D eigenvalue weighted by Crippen LogP contribution is -2.25. The van der Waals surface area contributed by atoms with Crippen LogP contribution in [0, 0.1) is 0 Å². The summed E-state index contributed by atoms with van der Waals surface area (Å²) in [5.41, 5.74) is 7.30. The van der Waals surface area contributed by atoms with Gasteiger partial charge in [-0.3, -0.25) is 4.79 Å². The number of hydrogen-bond donors (Lipinski definition) is 2. The molecule has 18 heavy (non-hydrogen) atoms. The minimum atomic E-state index is -0.121. The van der Waals surface area contributed by atoms with Crippen molar-refractivity contribution >= 4 is 34.5 Å². The van der Waals surface area contributed by atoms with Crippen molar-refractivity contribution in [3.05, 3.63) is 51.2 Å². The zero-order chi connectivity index (χ0) is 13.0. The number of amides is 1. The van der Waals surface area contributed by atoms with E-state index in [1.54, 1.807) is 11.4 Å². The van der Waals surface area contributed by atoms with E-state index >= 15 is 0 Å². The van der Waals surface area contributed by atoms with E-state index in [0.29, 0.717) is 22.1 Å². The van der Waals surface area contributed by atoms with Gasteiger partial charge in [0.25, 0.3) is 5.91 Å². The second kappa shape index (κ2) is 5.89. The van der Waals surface area contributed by atoms with Crippen molar-refractivity contribution in [2.75, 3.05) is 12.3 Å². The molecule has 1 heterocycles. The molecule has 2 aromatic rings. The lowest BCUT2D eigenvalue weighted by atomic mass is 10.1. The van der Waals surface area contributed by atoms with Crippen LogP contribution in [0.2, 0.25) is 5.02 Å². The highest BCUT2D eigenvalue weighted by atomic mass is 35.5. The van der Waals surface area contributed by atoms with Crippen molar-refractivity contribution in [1.29, 1.82) is 0 Å². The topological polar surface area (TPSA) is 55.1 Å². The van der Waals surface area contributed by atoms with Gasteiger partial charge in [0.15, 0.2) is 0 Å². The van der Waals surface area contributed by atoms with Crippen LogP contribution >= 0.6 is 22.9 Å². The summed E-state index contributed by atoms with van der Waals surface area (Å²) in [4.78, 5) is 12.3. The second-order valence-electron chi connectivity index (χ2n) is 3.84. The van der Waals surface area contributed by atoms with Crippen LogP contribution < -0.4 is 11.1 Å². The van der Waals surface area contributed by atoms with Gasteiger partial charge in [-0.15, -0.1) is 11.3 Å². The summed E-state index contributed by atoms with van der Waals surface area (Å²) in [7, 11) is 0. The maximum atomic E-state index is 11.8. The summed E-state index contributed by atoms with van der Waals surface area (Å²) in [6, 6.07) is 9.34. The Morgan fingerprint density at radius 1 is 1.39 bits per heavy atom. The Morgan fingerprint density at radius 2 is 2.22 bits per heavy atom. The fourth-order valence-electron chi connectivity index (χ4n) is 1.60. The molecule has 0 saturated carbocycles. The van der Waals surface area contributed by atoms with Crippen LogP contribution in [0.1, 0.15) is 15.2 Å². The highest BCUT2D eigenvalue weighted by molar-refractivity contribution is 7.12. The van der Waals surface area contributed by atoms with Crippen LogP contribution in [-0.2, 0) is 6.42 Å². The van der Waals surface area contributed by atoms with Crippen molar-refractivity contribution in [3.8, 4) is 0 Å². The molecule has 3 N–H and O–H groups in total. The minimum absolute atomic E-state index is 0.121. The van der Waals surface area contributed by atoms with Crippen molar-refractivity contribution in [2.24, 2.45) is 0 Å². The predicted octanol–water partition coefficient (Wildman–Crippen LogP) is 2.96. The summed E-state index contributed by atoms with van der Waals surface area (Å²) in [5, 5.41) is 5.36. The second-order valence-corrected chi connectivity index (χ2v) is 5.19. The lowest BCUT2D eigenvalue weighted by Gasteiger charge is -2.05. The summed E-state index contributed by atoms with van der Waals surface area (Å²) in [6.45, 7) is 0.566. The van der Waals surface area contributed by atoms with Crippen molar-refractivity contribution in [1.82, 2.24) is 5.32 Å². The molecule has 0 fully saturated rings. The molecule has 2 rings (SSSR count). The summed E-state index contributed by atoms with van der Waals surface area (Å²) >= 11 is 7.23. The number of carbonyl (C=O) groups is 1. The molecule has 0 spiro atoms. The summed E-state index contributed by atoms with van der Waals surface area (Å²) < 4.78 is 0. The van der Waals surface area contributed by atoms with Crippen LogP contribution in [0.4, 0.5) is 5.69 Å². The molecule has 0 radical (unpaired) electrons. The standard InChI is InChI=1S/C13H13ClN2OS/c14-10-3-1-2-9(8-10)4-6-16-13(17)12-11(15)5-7-18-12/h1-3,5,7-8H,4,6,15H2,(H,16,17). The van der Waals surface area contributed by atoms with Crippen LogP contribution in [0.5, 0.6) is 0 Å². The quantitative estimate of drug-likeness (QED) is 0.905. The molecule has 0 aliphatic rings. The van der Waals surface area contributed by atoms with Gasteiger partial charge in [0.2, 0.25) is 0 Å². The van der Waals surface area contributed by atoms with Crippen LogP contribution in [0.3, 0.4) is 0 Å². The Kier molecular flexibility index (Phi) is 4.23. The Balaban J connectivity index is 1.86. The molecule has 94 valence electrons. The fourth-order valence-corrected chi connectivity index (χ4v) is 2.54. The average molecular weight is 281 g/mol. The van der Waals surface area contributed by atoms with Crippen molar-refractivity contribution < 1.29 is 4.79 Å². The Morgan fingerprint density at radius 3 is 2.89 bits per heavy atom. The largest absolute Gasteiger partial charge is 0.397 e. The smallest absolute Gasteiger partial charge is 0.263 e. The van der Waals surface area contributed by atoms with E-state index in [2.05, 4.69) is 5.32 Å². The van der Waals surface area contributed by atoms with E-state index in [4.69, 9.17) is 17.3 Å². The van der Waals surface area contributed by atoms with Gasteiger partial charge < -0.3 is 11.1 Å². The van der Waals surface area contributed by atoms with Gasteiger partial charge in [0, 0.05) is 11.6 Å². The van der Waals surface area contributed by atoms with E-state index in [1.807, 2.05) is 24.3 Å². The normalized spacial score (nSPS) is 10.3. The Hall–Kier alpha value is -1.52. The molecule has 0 unspecified atom stereocenters. The number of nitrogens with two attached hydrogens (primary N) is 1. The van der Waals surface area contributed by atoms with Gasteiger partial charge in [-0.25, -0.2) is 0 Å². The van der Waals surface area contributed by atoms with E-state index in [-0.39, 0.29) is 5.91 Å². The molecular weight excluding hydrogens is 268 g/mol. The molecule has 0 aliphatic carbocycles. The number of nitrogens with one attached hydrogen (secondary N) is 1. The first-order valence-corrected chi connectivity index (χ1v) is 6.78. The van der Waals surface area contributed by atoms with E-state index < -0.39 is 0 Å². The number of rotatable bonds is 4. The first-order valence-electron chi connectivity index (χ1n) is 5.52. The molecule has 5 heteroatoms. The third-order valence-corrected chi connectivity index (χ3v) is 3.65. The molecular formula is C13H13ClN2OS. The number of halogens is 1. The molecule has 3 nitrogen and oxygen atoms in total. The fraction of sp³-hybridized carbons (Fsp3) is 0.154. The molecule has 1 aromatic heterocycles. The number of carbonyl (C=O) groups excluding carboxylic acids is 1. The van der Waals surface area contributed by atoms with Crippen LogP contribution in [0.15, 0.2) is 35.7 Å². The first kappa shape index (κ1) is 12.9. The number of hydrogen-bond acceptors (Lipinski definition) is 3. The highest BCUT2D eigenvalue weighted by Gasteiger charge is 2.09. The lowest BCUT2D eigenvalue weighted by molar-refractivity contribution is 0.0959. The number of benzene rings is 1. The summed E-state index contributed by atoms with van der Waals surface area (Å²) in [5.74, 6) is -0.121. The first-order chi connectivity index (χ1) is 8.66. The average Bonchev–Trinajstić information content (AvgIpc) is 2.75. The van der Waals surface area contributed by atoms with E-state index in [1.165, 1.54) is 11.3 Å². The number of anilines is 1. The zero-order valence-corrected chi connectivity index (χ0v) is 11.2. The van der Waals surface area contributed by atoms with Gasteiger partial charge >= 0.3 is 0 Å². The molecule has 1 aromatic carbocycles. The third kappa shape index (κ3) is 3.24. The van der Waals surface area contributed by atoms with Gasteiger partial charge in [-0.1, -0.05) is 23.7 Å². The Labute approximate surface area is 115 Å². The SMILES string of the molecule is Nc1ccsc1C(=O)NCCc1cccc(Cl)c1. The van der Waals surface area contributed by atoms with Gasteiger partial charge in [0.05, 0.1) is 5.69 Å². The molecule has 0 bridgehead atoms. The zero-order valence-electron chi connectivity index (χ0n) is 9.65. The third-order valence-electron chi connectivity index (χ3n) is 2.49. The number of thiophene rings is 1. The van der Waals surface area contributed by atoms with Crippen molar-refractivity contribution in [3.63, 3.8) is 0 Å². The minimum Gasteiger partial charge on any atom is -0.397 e. The van der Waals surface area contributed by atoms with Crippen LogP contribution in [-0.4, -0.2) is 12.5 Å². The van der Waals surface area contributed by atoms with E-state index in [9.17, 15) is 4.79 Å². The maximum absolute atomic E-state index is 11.8. The van der Waals surface area contributed by atoms with Gasteiger partial charge in [-0.2, -0.15) is 0 Å².